The Morgan fingerprint density at radius 2 is 2.00 bits per heavy atom. The van der Waals surface area contributed by atoms with Crippen molar-refractivity contribution in [3.8, 4) is 0 Å². The van der Waals surface area contributed by atoms with Gasteiger partial charge < -0.3 is 0 Å². The summed E-state index contributed by atoms with van der Waals surface area (Å²) in [6.45, 7) is 6.34. The highest BCUT2D eigenvalue weighted by atomic mass is 35.5. The molecule has 1 unspecified atom stereocenters. The maximum atomic E-state index is 13.4. The number of halogens is 2. The van der Waals surface area contributed by atoms with Crippen molar-refractivity contribution in [3.63, 3.8) is 0 Å². The monoisotopic (exact) mass is 252 g/mol. The van der Waals surface area contributed by atoms with Crippen LogP contribution in [-0.2, 0) is 0 Å². The Balaban J connectivity index is 2.39. The average Bonchev–Trinajstić information content (AvgIpc) is 2.12. The molecule has 0 radical (unpaired) electrons. The number of hydrogen-bond donors (Lipinski definition) is 0. The van der Waals surface area contributed by atoms with Crippen molar-refractivity contribution < 1.29 is 4.39 Å². The predicted octanol–water partition coefficient (Wildman–Crippen LogP) is 4.94. The van der Waals surface area contributed by atoms with Crippen molar-refractivity contribution in [2.45, 2.75) is 39.0 Å². The molecule has 0 bridgehead atoms. The van der Waals surface area contributed by atoms with Gasteiger partial charge in [-0.05, 0) is 54.0 Å². The lowest BCUT2D eigenvalue weighted by Gasteiger charge is -2.32. The van der Waals surface area contributed by atoms with Crippen LogP contribution in [0.15, 0.2) is 24.3 Å². The smallest absolute Gasteiger partial charge is 0.124 e. The molecule has 1 aliphatic rings. The van der Waals surface area contributed by atoms with Crippen LogP contribution >= 0.6 is 11.6 Å². The zero-order valence-corrected chi connectivity index (χ0v) is 11.3. The van der Waals surface area contributed by atoms with Crippen LogP contribution in [0.5, 0.6) is 0 Å². The van der Waals surface area contributed by atoms with Crippen molar-refractivity contribution >= 4 is 17.2 Å². The van der Waals surface area contributed by atoms with Crippen LogP contribution < -0.4 is 0 Å². The van der Waals surface area contributed by atoms with E-state index in [0.29, 0.717) is 0 Å². The number of allylic oxidation sites excluding steroid dienone is 2. The quantitative estimate of drug-likeness (QED) is 0.621. The molecule has 17 heavy (non-hydrogen) atoms. The van der Waals surface area contributed by atoms with Gasteiger partial charge in [0, 0.05) is 0 Å². The fourth-order valence-corrected chi connectivity index (χ4v) is 3.14. The molecule has 1 aliphatic carbocycles. The third kappa shape index (κ3) is 3.10. The Morgan fingerprint density at radius 1 is 1.29 bits per heavy atom. The van der Waals surface area contributed by atoms with E-state index in [9.17, 15) is 4.39 Å². The second kappa shape index (κ2) is 4.45. The Kier molecular flexibility index (Phi) is 3.31. The molecule has 1 aromatic rings. The molecule has 0 spiro atoms. The molecule has 1 aromatic carbocycles. The molecule has 2 heteroatoms. The first-order chi connectivity index (χ1) is 7.85. The molecule has 0 saturated carbocycles. The molecule has 0 fully saturated rings. The summed E-state index contributed by atoms with van der Waals surface area (Å²) in [6.07, 6.45) is 4.01. The van der Waals surface area contributed by atoms with Gasteiger partial charge in [0.05, 0.1) is 5.38 Å². The molecular formula is C15H18ClF. The Labute approximate surface area is 107 Å². The summed E-state index contributed by atoms with van der Waals surface area (Å²) in [4.78, 5) is 0. The van der Waals surface area contributed by atoms with E-state index >= 15 is 0 Å². The number of benzene rings is 1. The van der Waals surface area contributed by atoms with Crippen molar-refractivity contribution in [2.75, 3.05) is 0 Å². The Hall–Kier alpha value is -0.820. The van der Waals surface area contributed by atoms with Gasteiger partial charge in [0.25, 0.3) is 0 Å². The topological polar surface area (TPSA) is 0 Å². The number of hydrogen-bond acceptors (Lipinski definition) is 0. The van der Waals surface area contributed by atoms with Crippen molar-refractivity contribution in [2.24, 2.45) is 5.41 Å². The van der Waals surface area contributed by atoms with E-state index in [1.54, 1.807) is 12.1 Å². The van der Waals surface area contributed by atoms with Gasteiger partial charge in [-0.15, -0.1) is 11.6 Å². The first-order valence-electron chi connectivity index (χ1n) is 5.98. The normalized spacial score (nSPS) is 23.4. The maximum Gasteiger partial charge on any atom is 0.124 e. The van der Waals surface area contributed by atoms with E-state index in [1.807, 2.05) is 13.0 Å². The minimum absolute atomic E-state index is 0.0531. The van der Waals surface area contributed by atoms with E-state index in [0.717, 1.165) is 24.0 Å². The molecule has 0 aromatic heterocycles. The van der Waals surface area contributed by atoms with Crippen LogP contribution in [0, 0.1) is 18.2 Å². The lowest BCUT2D eigenvalue weighted by molar-refractivity contribution is 0.340. The van der Waals surface area contributed by atoms with Crippen molar-refractivity contribution in [1.29, 1.82) is 0 Å². The fraction of sp³-hybridized carbons (Fsp3) is 0.467. The molecule has 0 saturated heterocycles. The minimum atomic E-state index is -0.171. The summed E-state index contributed by atoms with van der Waals surface area (Å²) in [5.41, 5.74) is 3.29. The summed E-state index contributed by atoms with van der Waals surface area (Å²) in [6, 6.07) is 5.18. The summed E-state index contributed by atoms with van der Waals surface area (Å²) in [5.74, 6) is -0.171. The first kappa shape index (κ1) is 12.6. The molecule has 92 valence electrons. The van der Waals surface area contributed by atoms with Crippen LogP contribution in [0.25, 0.3) is 5.57 Å². The third-order valence-corrected chi connectivity index (χ3v) is 3.49. The Morgan fingerprint density at radius 3 is 2.59 bits per heavy atom. The van der Waals surface area contributed by atoms with Crippen molar-refractivity contribution in [1.82, 2.24) is 0 Å². The maximum absolute atomic E-state index is 13.4. The summed E-state index contributed by atoms with van der Waals surface area (Å²) in [5, 5.41) is 0.0531. The van der Waals surface area contributed by atoms with Crippen LogP contribution in [0.2, 0.25) is 0 Å². The number of alkyl halides is 1. The largest absolute Gasteiger partial charge is 0.207 e. The summed E-state index contributed by atoms with van der Waals surface area (Å²) >= 11 is 6.26. The van der Waals surface area contributed by atoms with E-state index in [2.05, 4.69) is 19.9 Å². The zero-order valence-electron chi connectivity index (χ0n) is 10.6. The Bertz CT molecular complexity index is 440. The van der Waals surface area contributed by atoms with Gasteiger partial charge in [0.15, 0.2) is 0 Å². The third-order valence-electron chi connectivity index (χ3n) is 3.21. The van der Waals surface area contributed by atoms with E-state index in [1.165, 1.54) is 5.57 Å². The molecule has 0 nitrogen and oxygen atoms in total. The van der Waals surface area contributed by atoms with Gasteiger partial charge in [-0.2, -0.15) is 0 Å². The highest BCUT2D eigenvalue weighted by Gasteiger charge is 2.28. The molecular weight excluding hydrogens is 235 g/mol. The predicted molar refractivity (Wildman–Crippen MR) is 71.8 cm³/mol. The van der Waals surface area contributed by atoms with E-state index in [4.69, 9.17) is 11.6 Å². The molecule has 1 atom stereocenters. The molecule has 0 amide bonds. The average molecular weight is 253 g/mol. The molecule has 0 heterocycles. The van der Waals surface area contributed by atoms with Gasteiger partial charge in [-0.3, -0.25) is 0 Å². The minimum Gasteiger partial charge on any atom is -0.207 e. The lowest BCUT2D eigenvalue weighted by atomic mass is 9.75. The highest BCUT2D eigenvalue weighted by Crippen LogP contribution is 2.41. The second-order valence-electron chi connectivity index (χ2n) is 5.77. The lowest BCUT2D eigenvalue weighted by Crippen LogP contribution is -2.21. The number of aryl methyl sites for hydroxylation is 1. The summed E-state index contributed by atoms with van der Waals surface area (Å²) < 4.78 is 13.4. The fourth-order valence-electron chi connectivity index (χ4n) is 2.57. The van der Waals surface area contributed by atoms with Crippen LogP contribution in [0.3, 0.4) is 0 Å². The second-order valence-corrected chi connectivity index (χ2v) is 6.33. The molecule has 0 aliphatic heterocycles. The van der Waals surface area contributed by atoms with Gasteiger partial charge in [-0.1, -0.05) is 26.0 Å². The van der Waals surface area contributed by atoms with Gasteiger partial charge >= 0.3 is 0 Å². The van der Waals surface area contributed by atoms with E-state index in [-0.39, 0.29) is 16.6 Å². The number of rotatable bonds is 1. The van der Waals surface area contributed by atoms with Gasteiger partial charge in [-0.25, -0.2) is 4.39 Å². The van der Waals surface area contributed by atoms with Crippen LogP contribution in [-0.4, -0.2) is 5.38 Å². The SMILES string of the molecule is Cc1cc(F)cc(C2=CC(Cl)CC(C)(C)C2)c1. The molecule has 2 rings (SSSR count). The van der Waals surface area contributed by atoms with Crippen molar-refractivity contribution in [3.05, 3.63) is 41.2 Å². The highest BCUT2D eigenvalue weighted by molar-refractivity contribution is 6.22. The zero-order chi connectivity index (χ0) is 12.6. The summed E-state index contributed by atoms with van der Waals surface area (Å²) in [7, 11) is 0. The van der Waals surface area contributed by atoms with Crippen LogP contribution in [0.1, 0.15) is 37.8 Å². The molecule has 0 N–H and O–H groups in total. The van der Waals surface area contributed by atoms with Gasteiger partial charge in [0.1, 0.15) is 5.82 Å². The standard InChI is InChI=1S/C15H18ClF/c1-10-4-11(7-14(17)5-10)12-6-13(16)9-15(2,3)8-12/h4-7,13H,8-9H2,1-3H3. The van der Waals surface area contributed by atoms with Crippen LogP contribution in [0.4, 0.5) is 4.39 Å². The first-order valence-corrected chi connectivity index (χ1v) is 6.42. The van der Waals surface area contributed by atoms with Gasteiger partial charge in [0.2, 0.25) is 0 Å². The van der Waals surface area contributed by atoms with E-state index < -0.39 is 0 Å².